The maximum absolute atomic E-state index is 6.38. The molecule has 2 nitrogen and oxygen atoms in total. The third-order valence-corrected chi connectivity index (χ3v) is 5.61. The molecule has 18 heavy (non-hydrogen) atoms. The highest BCUT2D eigenvalue weighted by molar-refractivity contribution is 8.00. The third-order valence-electron chi connectivity index (χ3n) is 3.61. The van der Waals surface area contributed by atoms with Gasteiger partial charge in [-0.25, -0.2) is 0 Å². The first-order valence-electron chi connectivity index (χ1n) is 6.69. The van der Waals surface area contributed by atoms with E-state index in [2.05, 4.69) is 54.3 Å². The molecule has 0 amide bonds. The van der Waals surface area contributed by atoms with Gasteiger partial charge in [0.05, 0.1) is 6.04 Å². The number of rotatable bonds is 4. The molecule has 1 fully saturated rings. The average Bonchev–Trinajstić information content (AvgIpc) is 2.81. The van der Waals surface area contributed by atoms with Crippen LogP contribution in [-0.4, -0.2) is 34.5 Å². The van der Waals surface area contributed by atoms with Gasteiger partial charge in [-0.1, -0.05) is 6.92 Å². The Balaban J connectivity index is 2.19. The summed E-state index contributed by atoms with van der Waals surface area (Å²) in [6.07, 6.45) is 1.03. The van der Waals surface area contributed by atoms with E-state index in [9.17, 15) is 0 Å². The summed E-state index contributed by atoms with van der Waals surface area (Å²) in [5, 5.41) is 4.42. The summed E-state index contributed by atoms with van der Waals surface area (Å²) in [5.74, 6) is 1.21. The van der Waals surface area contributed by atoms with E-state index in [1.54, 1.807) is 11.3 Å². The Morgan fingerprint density at radius 2 is 2.28 bits per heavy atom. The molecule has 0 radical (unpaired) electrons. The normalized spacial score (nSPS) is 23.8. The van der Waals surface area contributed by atoms with Crippen LogP contribution in [0.25, 0.3) is 0 Å². The van der Waals surface area contributed by atoms with Crippen LogP contribution >= 0.6 is 23.1 Å². The minimum Gasteiger partial charge on any atom is -0.326 e. The summed E-state index contributed by atoms with van der Waals surface area (Å²) < 4.78 is 0.347. The standard InChI is InChI=1S/C14H24N2S2/c1-4-12(15)13(11-5-7-17-9-11)16-6-8-18-14(2,3)10-16/h5,7,9,12-13H,4,6,8,10,15H2,1-3H3. The summed E-state index contributed by atoms with van der Waals surface area (Å²) >= 11 is 3.85. The molecular formula is C14H24N2S2. The van der Waals surface area contributed by atoms with E-state index in [0.717, 1.165) is 19.5 Å². The van der Waals surface area contributed by atoms with E-state index in [-0.39, 0.29) is 6.04 Å². The smallest absolute Gasteiger partial charge is 0.0508 e. The van der Waals surface area contributed by atoms with Crippen LogP contribution in [-0.2, 0) is 0 Å². The first kappa shape index (κ1) is 14.4. The van der Waals surface area contributed by atoms with E-state index in [1.807, 2.05) is 0 Å². The van der Waals surface area contributed by atoms with Gasteiger partial charge in [0.25, 0.3) is 0 Å². The Morgan fingerprint density at radius 1 is 1.50 bits per heavy atom. The predicted molar refractivity (Wildman–Crippen MR) is 83.4 cm³/mol. The Bertz CT molecular complexity index is 362. The van der Waals surface area contributed by atoms with E-state index in [0.29, 0.717) is 10.8 Å². The van der Waals surface area contributed by atoms with Crippen molar-refractivity contribution in [2.24, 2.45) is 5.73 Å². The zero-order chi connectivity index (χ0) is 13.2. The van der Waals surface area contributed by atoms with Crippen LogP contribution < -0.4 is 5.73 Å². The molecule has 2 rings (SSSR count). The molecule has 1 aromatic heterocycles. The lowest BCUT2D eigenvalue weighted by Gasteiger charge is -2.43. The maximum Gasteiger partial charge on any atom is 0.0508 e. The van der Waals surface area contributed by atoms with Crippen molar-refractivity contribution in [1.82, 2.24) is 4.90 Å². The number of nitrogens with zero attached hydrogens (tertiary/aromatic N) is 1. The van der Waals surface area contributed by atoms with Crippen LogP contribution in [0.2, 0.25) is 0 Å². The summed E-state index contributed by atoms with van der Waals surface area (Å²) in [6.45, 7) is 9.15. The minimum atomic E-state index is 0.235. The number of hydrogen-bond donors (Lipinski definition) is 1. The lowest BCUT2D eigenvalue weighted by atomic mass is 9.97. The van der Waals surface area contributed by atoms with Gasteiger partial charge in [0.2, 0.25) is 0 Å². The molecule has 0 saturated carbocycles. The molecule has 2 heterocycles. The molecule has 0 aromatic carbocycles. The summed E-state index contributed by atoms with van der Waals surface area (Å²) in [6, 6.07) is 2.86. The third kappa shape index (κ3) is 3.29. The largest absolute Gasteiger partial charge is 0.326 e. The molecule has 2 N–H and O–H groups in total. The fourth-order valence-corrected chi connectivity index (χ4v) is 4.51. The highest BCUT2D eigenvalue weighted by atomic mass is 32.2. The first-order chi connectivity index (χ1) is 8.53. The summed E-state index contributed by atoms with van der Waals surface area (Å²) in [4.78, 5) is 2.59. The molecule has 1 aromatic rings. The van der Waals surface area contributed by atoms with Crippen LogP contribution in [0.5, 0.6) is 0 Å². The second-order valence-corrected chi connectivity index (χ2v) is 8.23. The fraction of sp³-hybridized carbons (Fsp3) is 0.714. The molecule has 2 unspecified atom stereocenters. The van der Waals surface area contributed by atoms with Crippen molar-refractivity contribution in [3.8, 4) is 0 Å². The number of thioether (sulfide) groups is 1. The molecule has 0 spiro atoms. The van der Waals surface area contributed by atoms with Crippen molar-refractivity contribution in [3.63, 3.8) is 0 Å². The fourth-order valence-electron chi connectivity index (χ4n) is 2.69. The first-order valence-corrected chi connectivity index (χ1v) is 8.62. The number of nitrogens with two attached hydrogens (primary N) is 1. The molecule has 102 valence electrons. The monoisotopic (exact) mass is 284 g/mol. The van der Waals surface area contributed by atoms with E-state index < -0.39 is 0 Å². The van der Waals surface area contributed by atoms with E-state index in [1.165, 1.54) is 11.3 Å². The van der Waals surface area contributed by atoms with Crippen molar-refractivity contribution in [2.75, 3.05) is 18.8 Å². The zero-order valence-electron chi connectivity index (χ0n) is 11.6. The van der Waals surface area contributed by atoms with Gasteiger partial charge in [-0.3, -0.25) is 4.90 Å². The topological polar surface area (TPSA) is 29.3 Å². The number of hydrogen-bond acceptors (Lipinski definition) is 4. The highest BCUT2D eigenvalue weighted by Crippen LogP contribution is 2.36. The lowest BCUT2D eigenvalue weighted by molar-refractivity contribution is 0.162. The van der Waals surface area contributed by atoms with Gasteiger partial charge in [0, 0.05) is 29.6 Å². The molecule has 1 aliphatic heterocycles. The molecule has 0 aliphatic carbocycles. The van der Waals surface area contributed by atoms with Crippen molar-refractivity contribution in [3.05, 3.63) is 22.4 Å². The predicted octanol–water partition coefficient (Wildman–Crippen LogP) is 3.35. The van der Waals surface area contributed by atoms with Gasteiger partial charge in [0.1, 0.15) is 0 Å². The zero-order valence-corrected chi connectivity index (χ0v) is 13.2. The van der Waals surface area contributed by atoms with Crippen molar-refractivity contribution in [1.29, 1.82) is 0 Å². The van der Waals surface area contributed by atoms with Crippen LogP contribution in [0.15, 0.2) is 16.8 Å². The Hall–Kier alpha value is -0.0300. The van der Waals surface area contributed by atoms with Crippen LogP contribution in [0.4, 0.5) is 0 Å². The van der Waals surface area contributed by atoms with Gasteiger partial charge < -0.3 is 5.73 Å². The van der Waals surface area contributed by atoms with Gasteiger partial charge >= 0.3 is 0 Å². The quantitative estimate of drug-likeness (QED) is 0.919. The molecule has 1 aliphatic rings. The Kier molecular flexibility index (Phi) is 4.75. The molecule has 1 saturated heterocycles. The molecular weight excluding hydrogens is 260 g/mol. The molecule has 0 bridgehead atoms. The van der Waals surface area contributed by atoms with Crippen molar-refractivity contribution >= 4 is 23.1 Å². The summed E-state index contributed by atoms with van der Waals surface area (Å²) in [5.41, 5.74) is 7.78. The highest BCUT2D eigenvalue weighted by Gasteiger charge is 2.34. The SMILES string of the molecule is CCC(N)C(c1ccsc1)N1CCSC(C)(C)C1. The molecule has 4 heteroatoms. The van der Waals surface area contributed by atoms with Gasteiger partial charge in [0.15, 0.2) is 0 Å². The number of thiophene rings is 1. The Morgan fingerprint density at radius 3 is 2.83 bits per heavy atom. The van der Waals surface area contributed by atoms with Crippen LogP contribution in [0.1, 0.15) is 38.8 Å². The second-order valence-electron chi connectivity index (χ2n) is 5.65. The van der Waals surface area contributed by atoms with Gasteiger partial charge in [-0.05, 0) is 42.7 Å². The summed E-state index contributed by atoms with van der Waals surface area (Å²) in [7, 11) is 0. The molecule has 2 atom stereocenters. The van der Waals surface area contributed by atoms with Gasteiger partial charge in [-0.15, -0.1) is 0 Å². The maximum atomic E-state index is 6.38. The second kappa shape index (κ2) is 5.95. The lowest BCUT2D eigenvalue weighted by Crippen LogP contribution is -2.49. The minimum absolute atomic E-state index is 0.235. The van der Waals surface area contributed by atoms with Crippen molar-refractivity contribution < 1.29 is 0 Å². The van der Waals surface area contributed by atoms with Crippen LogP contribution in [0.3, 0.4) is 0 Å². The van der Waals surface area contributed by atoms with E-state index in [4.69, 9.17) is 5.73 Å². The van der Waals surface area contributed by atoms with E-state index >= 15 is 0 Å². The van der Waals surface area contributed by atoms with Crippen molar-refractivity contribution in [2.45, 2.75) is 44.0 Å². The van der Waals surface area contributed by atoms with Crippen LogP contribution in [0, 0.1) is 0 Å². The average molecular weight is 284 g/mol. The Labute approximate surface area is 119 Å². The van der Waals surface area contributed by atoms with Gasteiger partial charge in [-0.2, -0.15) is 23.1 Å².